The number of aliphatic hydroxyl groups excluding tert-OH is 2. The van der Waals surface area contributed by atoms with Gasteiger partial charge in [0.25, 0.3) is 0 Å². The van der Waals surface area contributed by atoms with Gasteiger partial charge in [-0.1, -0.05) is 12.1 Å². The molecule has 13 N–H and O–H groups in total. The standard InChI is InChI=1S/C25H38N7O13P/c26-15(12-45-46(42,43)44)22(38)31-18(11-34)25(41)32-7-1-2-19(32)24(40)28-9-20(36)29-16(8-13-3-5-14(35)6-4-13)23(39)30-17(10-33)21(27)37/h3-6,15-19,33-35H,1-2,7-12,26H2,(H2,27,37)(H,28,40)(H,29,36)(H,30,39)(H,31,38)(H2,42,43,44)/t15-,16-,17-,18-,19-/m0/s1. The van der Waals surface area contributed by atoms with E-state index in [-0.39, 0.29) is 25.1 Å². The number of nitrogens with zero attached hydrogens (tertiary/aromatic N) is 1. The second-order valence-electron chi connectivity index (χ2n) is 10.2. The van der Waals surface area contributed by atoms with Crippen molar-refractivity contribution in [1.82, 2.24) is 26.2 Å². The lowest BCUT2D eigenvalue weighted by atomic mass is 10.0. The Balaban J connectivity index is 2.03. The molecule has 1 aromatic rings. The van der Waals surface area contributed by atoms with Gasteiger partial charge in [0.1, 0.15) is 36.0 Å². The van der Waals surface area contributed by atoms with E-state index in [9.17, 15) is 48.7 Å². The molecule has 256 valence electrons. The molecule has 46 heavy (non-hydrogen) atoms. The highest BCUT2D eigenvalue weighted by Gasteiger charge is 2.38. The molecule has 1 saturated heterocycles. The maximum absolute atomic E-state index is 13.1. The van der Waals surface area contributed by atoms with E-state index in [0.717, 1.165) is 4.90 Å². The molecule has 21 heteroatoms. The molecular formula is C25H38N7O13P. The summed E-state index contributed by atoms with van der Waals surface area (Å²) in [6.45, 7) is -3.18. The quantitative estimate of drug-likeness (QED) is 0.0686. The number of benzene rings is 1. The van der Waals surface area contributed by atoms with Crippen LogP contribution in [0.5, 0.6) is 5.75 Å². The lowest BCUT2D eigenvalue weighted by Crippen LogP contribution is -2.58. The Labute approximate surface area is 262 Å². The Kier molecular flexibility index (Phi) is 14.5. The van der Waals surface area contributed by atoms with E-state index in [1.54, 1.807) is 0 Å². The fraction of sp³-hybridized carbons (Fsp3) is 0.520. The maximum Gasteiger partial charge on any atom is 0.469 e. The van der Waals surface area contributed by atoms with Gasteiger partial charge in [0.15, 0.2) is 0 Å². The SMILES string of the molecule is NC(=O)[C@H](CO)NC(=O)[C@H](Cc1ccc(O)cc1)NC(=O)CNC(=O)[C@@H]1CCCN1C(=O)[C@H](CO)NC(=O)[C@@H](N)COP(=O)(O)O. The van der Waals surface area contributed by atoms with Crippen LogP contribution in [0.25, 0.3) is 0 Å². The van der Waals surface area contributed by atoms with Crippen LogP contribution in [0, 0.1) is 0 Å². The van der Waals surface area contributed by atoms with E-state index in [2.05, 4.69) is 25.8 Å². The predicted molar refractivity (Wildman–Crippen MR) is 155 cm³/mol. The molecule has 20 nitrogen and oxygen atoms in total. The number of likely N-dealkylation sites (tertiary alicyclic amines) is 1. The Bertz CT molecular complexity index is 1310. The molecular weight excluding hydrogens is 637 g/mol. The zero-order valence-electron chi connectivity index (χ0n) is 24.4. The molecule has 1 fully saturated rings. The number of aromatic hydroxyl groups is 1. The van der Waals surface area contributed by atoms with Crippen LogP contribution >= 0.6 is 7.82 Å². The van der Waals surface area contributed by atoms with Crippen molar-refractivity contribution in [2.75, 3.05) is 32.9 Å². The molecule has 1 heterocycles. The third-order valence-corrected chi connectivity index (χ3v) is 7.17. The van der Waals surface area contributed by atoms with Crippen LogP contribution in [0.4, 0.5) is 0 Å². The summed E-state index contributed by atoms with van der Waals surface area (Å²) in [5, 5.41) is 37.7. The van der Waals surface area contributed by atoms with Crippen molar-refractivity contribution in [3.63, 3.8) is 0 Å². The van der Waals surface area contributed by atoms with Crippen molar-refractivity contribution < 1.29 is 63.0 Å². The Morgan fingerprint density at radius 3 is 2.13 bits per heavy atom. The average Bonchev–Trinajstić information content (AvgIpc) is 3.50. The third-order valence-electron chi connectivity index (χ3n) is 6.69. The Morgan fingerprint density at radius 2 is 1.57 bits per heavy atom. The van der Waals surface area contributed by atoms with E-state index < -0.39 is 99.8 Å². The van der Waals surface area contributed by atoms with Crippen LogP contribution in [-0.4, -0.2) is 129 Å². The van der Waals surface area contributed by atoms with E-state index >= 15 is 0 Å². The van der Waals surface area contributed by atoms with Crippen molar-refractivity contribution >= 4 is 43.3 Å². The van der Waals surface area contributed by atoms with Gasteiger partial charge in [0.05, 0.1) is 26.4 Å². The topological polar surface area (TPSA) is 333 Å². The van der Waals surface area contributed by atoms with Gasteiger partial charge in [-0.3, -0.25) is 33.3 Å². The lowest BCUT2D eigenvalue weighted by molar-refractivity contribution is -0.142. The van der Waals surface area contributed by atoms with E-state index in [1.807, 2.05) is 0 Å². The van der Waals surface area contributed by atoms with Gasteiger partial charge in [-0.05, 0) is 30.5 Å². The van der Waals surface area contributed by atoms with E-state index in [0.29, 0.717) is 12.0 Å². The summed E-state index contributed by atoms with van der Waals surface area (Å²) < 4.78 is 15.0. The van der Waals surface area contributed by atoms with Crippen molar-refractivity contribution in [2.24, 2.45) is 11.5 Å². The van der Waals surface area contributed by atoms with Crippen LogP contribution in [0.15, 0.2) is 24.3 Å². The van der Waals surface area contributed by atoms with Gasteiger partial charge >= 0.3 is 7.82 Å². The number of amides is 6. The minimum absolute atomic E-state index is 0.0472. The Hall–Kier alpha value is -4.17. The van der Waals surface area contributed by atoms with Gasteiger partial charge in [-0.15, -0.1) is 0 Å². The van der Waals surface area contributed by atoms with Gasteiger partial charge in [0.2, 0.25) is 35.4 Å². The van der Waals surface area contributed by atoms with E-state index in [1.165, 1.54) is 24.3 Å². The monoisotopic (exact) mass is 675 g/mol. The molecule has 0 radical (unpaired) electrons. The van der Waals surface area contributed by atoms with Gasteiger partial charge in [0, 0.05) is 13.0 Å². The summed E-state index contributed by atoms with van der Waals surface area (Å²) in [4.78, 5) is 94.0. The molecule has 0 saturated carbocycles. The number of primary amides is 1. The van der Waals surface area contributed by atoms with Gasteiger partial charge < -0.3 is 62.7 Å². The second kappa shape index (κ2) is 17.5. The number of carbonyl (C=O) groups is 6. The van der Waals surface area contributed by atoms with Gasteiger partial charge in [-0.25, -0.2) is 4.57 Å². The van der Waals surface area contributed by atoms with Crippen molar-refractivity contribution in [2.45, 2.75) is 49.5 Å². The molecule has 5 atom stereocenters. The molecule has 1 aliphatic heterocycles. The first kappa shape index (κ1) is 38.0. The summed E-state index contributed by atoms with van der Waals surface area (Å²) in [5.41, 5.74) is 11.2. The molecule has 0 unspecified atom stereocenters. The molecule has 0 aromatic heterocycles. The minimum Gasteiger partial charge on any atom is -0.508 e. The highest BCUT2D eigenvalue weighted by Crippen LogP contribution is 2.35. The maximum atomic E-state index is 13.1. The van der Waals surface area contributed by atoms with Crippen LogP contribution in [0.3, 0.4) is 0 Å². The van der Waals surface area contributed by atoms with Crippen molar-refractivity contribution in [3.05, 3.63) is 29.8 Å². The Morgan fingerprint density at radius 1 is 0.957 bits per heavy atom. The molecule has 1 aromatic carbocycles. The number of phenols is 1. The van der Waals surface area contributed by atoms with Crippen LogP contribution in [0.1, 0.15) is 18.4 Å². The fourth-order valence-corrected chi connectivity index (χ4v) is 4.66. The first-order valence-corrected chi connectivity index (χ1v) is 15.3. The number of phenolic OH excluding ortho intramolecular Hbond substituents is 1. The van der Waals surface area contributed by atoms with Crippen LogP contribution in [0.2, 0.25) is 0 Å². The summed E-state index contributed by atoms with van der Waals surface area (Å²) in [6.07, 6.45) is 0.415. The predicted octanol–water partition coefficient (Wildman–Crippen LogP) is -5.60. The second-order valence-corrected chi connectivity index (χ2v) is 11.4. The first-order chi connectivity index (χ1) is 21.6. The molecule has 6 amide bonds. The first-order valence-electron chi connectivity index (χ1n) is 13.8. The number of phosphoric acid groups is 1. The number of hydrogen-bond donors (Lipinski definition) is 11. The normalized spacial score (nSPS) is 17.2. The summed E-state index contributed by atoms with van der Waals surface area (Å²) in [6, 6.07) is -1.34. The van der Waals surface area contributed by atoms with Crippen LogP contribution in [-0.2, 0) is 44.3 Å². The summed E-state index contributed by atoms with van der Waals surface area (Å²) >= 11 is 0. The highest BCUT2D eigenvalue weighted by molar-refractivity contribution is 7.46. The molecule has 0 aliphatic carbocycles. The summed E-state index contributed by atoms with van der Waals surface area (Å²) in [7, 11) is -4.92. The average molecular weight is 676 g/mol. The molecule has 0 bridgehead atoms. The number of nitrogens with one attached hydrogen (secondary N) is 4. The summed E-state index contributed by atoms with van der Waals surface area (Å²) in [5.74, 6) is -5.46. The molecule has 2 rings (SSSR count). The zero-order valence-corrected chi connectivity index (χ0v) is 25.3. The van der Waals surface area contributed by atoms with Crippen LogP contribution < -0.4 is 32.7 Å². The largest absolute Gasteiger partial charge is 0.508 e. The van der Waals surface area contributed by atoms with Crippen molar-refractivity contribution in [1.29, 1.82) is 0 Å². The number of carbonyl (C=O) groups excluding carboxylic acids is 6. The van der Waals surface area contributed by atoms with Crippen molar-refractivity contribution in [3.8, 4) is 5.75 Å². The van der Waals surface area contributed by atoms with E-state index in [4.69, 9.17) is 21.3 Å². The highest BCUT2D eigenvalue weighted by atomic mass is 31.2. The zero-order chi connectivity index (χ0) is 34.6. The molecule has 0 spiro atoms. The number of nitrogens with two attached hydrogens (primary N) is 2. The number of phosphoric ester groups is 1. The minimum atomic E-state index is -4.92. The third kappa shape index (κ3) is 12.0. The fourth-order valence-electron chi connectivity index (χ4n) is 4.31. The lowest BCUT2D eigenvalue weighted by Gasteiger charge is -2.28. The smallest absolute Gasteiger partial charge is 0.469 e. The van der Waals surface area contributed by atoms with Gasteiger partial charge in [-0.2, -0.15) is 0 Å². The number of aliphatic hydroxyl groups is 2. The number of rotatable bonds is 17. The molecule has 1 aliphatic rings. The number of hydrogen-bond acceptors (Lipinski definition) is 12.